The number of hydrazone groups is 1. The van der Waals surface area contributed by atoms with Crippen molar-refractivity contribution in [1.82, 2.24) is 9.31 Å². The van der Waals surface area contributed by atoms with Gasteiger partial charge in [-0.2, -0.15) is 27.6 Å². The Labute approximate surface area is 170 Å². The van der Waals surface area contributed by atoms with Crippen molar-refractivity contribution in [3.8, 4) is 0 Å². The van der Waals surface area contributed by atoms with Crippen molar-refractivity contribution in [3.05, 3.63) is 29.3 Å². The third-order valence-electron chi connectivity index (χ3n) is 5.04. The van der Waals surface area contributed by atoms with E-state index in [1.54, 1.807) is 0 Å². The number of hydrogen-bond acceptors (Lipinski definition) is 5. The molecule has 0 bridgehead atoms. The second kappa shape index (κ2) is 7.53. The zero-order valence-corrected chi connectivity index (χ0v) is 16.9. The number of piperidine rings is 1. The van der Waals surface area contributed by atoms with Crippen LogP contribution in [0.1, 0.15) is 26.2 Å². The number of hydrogen-bond donors (Lipinski definition) is 1. The normalized spacial score (nSPS) is 24.6. The van der Waals surface area contributed by atoms with E-state index in [1.807, 2.05) is 0 Å². The second-order valence-electron chi connectivity index (χ2n) is 7.11. The van der Waals surface area contributed by atoms with Crippen LogP contribution in [0.2, 0.25) is 5.02 Å². The molecule has 12 heteroatoms. The highest BCUT2D eigenvalue weighted by Gasteiger charge is 2.63. The first-order chi connectivity index (χ1) is 13.4. The molecule has 1 atom stereocenters. The molecule has 1 saturated heterocycles. The average Bonchev–Trinajstić information content (AvgIpc) is 2.97. The molecule has 2 aliphatic rings. The lowest BCUT2D eigenvalue weighted by Gasteiger charge is -2.36. The van der Waals surface area contributed by atoms with Gasteiger partial charge in [-0.25, -0.2) is 8.42 Å². The molecule has 1 amide bonds. The molecule has 2 aliphatic heterocycles. The molecule has 0 aliphatic carbocycles. The van der Waals surface area contributed by atoms with E-state index in [2.05, 4.69) is 5.10 Å². The molecule has 1 aromatic carbocycles. The van der Waals surface area contributed by atoms with Gasteiger partial charge in [-0.1, -0.05) is 11.6 Å². The number of benzene rings is 1. The summed E-state index contributed by atoms with van der Waals surface area (Å²) in [5.74, 6) is -1.85. The number of rotatable bonds is 3. The van der Waals surface area contributed by atoms with Crippen molar-refractivity contribution in [2.24, 2.45) is 11.0 Å². The van der Waals surface area contributed by atoms with E-state index in [4.69, 9.17) is 11.6 Å². The Morgan fingerprint density at radius 3 is 2.31 bits per heavy atom. The van der Waals surface area contributed by atoms with Gasteiger partial charge in [-0.15, -0.1) is 0 Å². The van der Waals surface area contributed by atoms with Gasteiger partial charge in [-0.05, 0) is 44.0 Å². The van der Waals surface area contributed by atoms with Crippen LogP contribution in [-0.4, -0.2) is 59.4 Å². The van der Waals surface area contributed by atoms with Crippen molar-refractivity contribution in [1.29, 1.82) is 0 Å². The van der Waals surface area contributed by atoms with Crippen molar-refractivity contribution in [2.75, 3.05) is 13.1 Å². The van der Waals surface area contributed by atoms with E-state index >= 15 is 0 Å². The van der Waals surface area contributed by atoms with Gasteiger partial charge in [0.2, 0.25) is 15.9 Å². The lowest BCUT2D eigenvalue weighted by atomic mass is 9.95. The highest BCUT2D eigenvalue weighted by Crippen LogP contribution is 2.41. The van der Waals surface area contributed by atoms with Crippen LogP contribution < -0.4 is 0 Å². The zero-order chi connectivity index (χ0) is 21.6. The van der Waals surface area contributed by atoms with Crippen LogP contribution >= 0.6 is 11.6 Å². The van der Waals surface area contributed by atoms with E-state index in [0.29, 0.717) is 5.02 Å². The molecule has 1 fully saturated rings. The highest BCUT2D eigenvalue weighted by molar-refractivity contribution is 7.89. The van der Waals surface area contributed by atoms with Gasteiger partial charge < -0.3 is 5.11 Å². The van der Waals surface area contributed by atoms with Gasteiger partial charge in [0.1, 0.15) is 0 Å². The van der Waals surface area contributed by atoms with E-state index in [9.17, 15) is 31.5 Å². The molecule has 0 radical (unpaired) electrons. The molecule has 1 unspecified atom stereocenters. The Kier molecular flexibility index (Phi) is 5.71. The molecule has 3 rings (SSSR count). The first kappa shape index (κ1) is 22.0. The van der Waals surface area contributed by atoms with Crippen LogP contribution in [0.25, 0.3) is 0 Å². The smallest absolute Gasteiger partial charge is 0.362 e. The summed E-state index contributed by atoms with van der Waals surface area (Å²) in [6.45, 7) is 1.22. The number of nitrogens with zero attached hydrogens (tertiary/aromatic N) is 3. The molecule has 0 spiro atoms. The number of alkyl halides is 3. The standard InChI is InChI=1S/C17H19ClF3N3O4S/c1-11-10-16(26,17(19,20)21)24(22-11)15(25)12-6-8-23(9-7-12)29(27,28)14-4-2-13(18)3-5-14/h2-5,12,26H,6-10H2,1H3. The number of carbonyl (C=O) groups is 1. The van der Waals surface area contributed by atoms with Crippen LogP contribution in [0.5, 0.6) is 0 Å². The third kappa shape index (κ3) is 4.00. The summed E-state index contributed by atoms with van der Waals surface area (Å²) in [5.41, 5.74) is -3.39. The quantitative estimate of drug-likeness (QED) is 0.761. The van der Waals surface area contributed by atoms with Crippen molar-refractivity contribution in [3.63, 3.8) is 0 Å². The predicted octanol–water partition coefficient (Wildman–Crippen LogP) is 2.60. The lowest BCUT2D eigenvalue weighted by Crippen LogP contribution is -2.58. The number of carbonyl (C=O) groups excluding carboxylic acids is 1. The summed E-state index contributed by atoms with van der Waals surface area (Å²) >= 11 is 5.77. The van der Waals surface area contributed by atoms with Crippen molar-refractivity contribution in [2.45, 2.75) is 43.0 Å². The number of amides is 1. The fraction of sp³-hybridized carbons (Fsp3) is 0.529. The minimum absolute atomic E-state index is 0.0130. The lowest BCUT2D eigenvalue weighted by molar-refractivity contribution is -0.303. The minimum atomic E-state index is -5.07. The van der Waals surface area contributed by atoms with Crippen molar-refractivity contribution < 1.29 is 31.5 Å². The molecule has 1 aromatic rings. The summed E-state index contributed by atoms with van der Waals surface area (Å²) in [5, 5.41) is 14.1. The van der Waals surface area contributed by atoms with E-state index in [0.717, 1.165) is 0 Å². The average molecular weight is 454 g/mol. The Bertz CT molecular complexity index is 928. The summed E-state index contributed by atoms with van der Waals surface area (Å²) in [6.07, 6.45) is -5.84. The molecular formula is C17H19ClF3N3O4S. The van der Waals surface area contributed by atoms with E-state index < -0.39 is 40.2 Å². The first-order valence-corrected chi connectivity index (χ1v) is 10.6. The molecule has 0 saturated carbocycles. The largest absolute Gasteiger partial charge is 0.438 e. The fourth-order valence-electron chi connectivity index (χ4n) is 3.44. The molecule has 2 heterocycles. The van der Waals surface area contributed by atoms with Gasteiger partial charge in [0, 0.05) is 36.2 Å². The van der Waals surface area contributed by atoms with Crippen LogP contribution in [0.4, 0.5) is 13.2 Å². The zero-order valence-electron chi connectivity index (χ0n) is 15.4. The van der Waals surface area contributed by atoms with E-state index in [-0.39, 0.29) is 41.5 Å². The maximum atomic E-state index is 13.3. The summed E-state index contributed by atoms with van der Waals surface area (Å²) in [6, 6.07) is 5.60. The third-order valence-corrected chi connectivity index (χ3v) is 7.21. The molecule has 0 aromatic heterocycles. The van der Waals surface area contributed by atoms with Crippen LogP contribution in [-0.2, 0) is 14.8 Å². The Morgan fingerprint density at radius 1 is 1.24 bits per heavy atom. The van der Waals surface area contributed by atoms with Gasteiger partial charge in [0.25, 0.3) is 5.72 Å². The van der Waals surface area contributed by atoms with Gasteiger partial charge >= 0.3 is 6.18 Å². The van der Waals surface area contributed by atoms with Crippen LogP contribution in [0.3, 0.4) is 0 Å². The molecule has 1 N–H and O–H groups in total. The van der Waals surface area contributed by atoms with Gasteiger partial charge in [-0.3, -0.25) is 4.79 Å². The molecule has 29 heavy (non-hydrogen) atoms. The summed E-state index contributed by atoms with van der Waals surface area (Å²) in [7, 11) is -3.81. The number of sulfonamides is 1. The minimum Gasteiger partial charge on any atom is -0.362 e. The Balaban J connectivity index is 1.72. The number of aliphatic hydroxyl groups is 1. The Hall–Kier alpha value is -1.69. The maximum Gasteiger partial charge on any atom is 0.438 e. The Morgan fingerprint density at radius 2 is 1.79 bits per heavy atom. The van der Waals surface area contributed by atoms with Crippen molar-refractivity contribution >= 4 is 33.2 Å². The number of halogens is 4. The SMILES string of the molecule is CC1=NN(C(=O)C2CCN(S(=O)(=O)c3ccc(Cl)cc3)CC2)C(O)(C(F)(F)F)C1. The maximum absolute atomic E-state index is 13.3. The van der Waals surface area contributed by atoms with Gasteiger partial charge in [0.15, 0.2) is 0 Å². The van der Waals surface area contributed by atoms with Crippen LogP contribution in [0.15, 0.2) is 34.3 Å². The molecule has 160 valence electrons. The van der Waals surface area contributed by atoms with E-state index in [1.165, 1.54) is 35.5 Å². The molecular weight excluding hydrogens is 435 g/mol. The second-order valence-corrected chi connectivity index (χ2v) is 9.48. The summed E-state index contributed by atoms with van der Waals surface area (Å²) < 4.78 is 66.5. The van der Waals surface area contributed by atoms with Gasteiger partial charge in [0.05, 0.1) is 4.90 Å². The fourth-order valence-corrected chi connectivity index (χ4v) is 5.04. The topological polar surface area (TPSA) is 90.3 Å². The first-order valence-electron chi connectivity index (χ1n) is 8.79. The summed E-state index contributed by atoms with van der Waals surface area (Å²) in [4.78, 5) is 12.7. The monoisotopic (exact) mass is 453 g/mol. The van der Waals surface area contributed by atoms with Crippen LogP contribution in [0, 0.1) is 5.92 Å². The highest BCUT2D eigenvalue weighted by atomic mass is 35.5. The molecule has 7 nitrogen and oxygen atoms in total. The predicted molar refractivity (Wildman–Crippen MR) is 98.5 cm³/mol.